The summed E-state index contributed by atoms with van der Waals surface area (Å²) in [6.07, 6.45) is 5.55. The molecule has 7 nitrogen and oxygen atoms in total. The monoisotopic (exact) mass is 520 g/mol. The van der Waals surface area contributed by atoms with Gasteiger partial charge in [0.25, 0.3) is 0 Å². The van der Waals surface area contributed by atoms with Gasteiger partial charge in [-0.3, -0.25) is 9.99 Å². The molecule has 3 aromatic rings. The lowest BCUT2D eigenvalue weighted by Gasteiger charge is -2.30. The summed E-state index contributed by atoms with van der Waals surface area (Å²) in [7, 11) is 0. The second-order valence-electron chi connectivity index (χ2n) is 10.7. The highest BCUT2D eigenvalue weighted by atomic mass is 35.5. The number of fused-ring (bicyclic) bond motifs is 1. The summed E-state index contributed by atoms with van der Waals surface area (Å²) >= 11 is 6.71. The largest absolute Gasteiger partial charge is 0.380 e. The zero-order valence-corrected chi connectivity index (χ0v) is 22.0. The maximum absolute atomic E-state index is 13.8. The van der Waals surface area contributed by atoms with E-state index in [1.54, 1.807) is 18.2 Å². The van der Waals surface area contributed by atoms with Crippen molar-refractivity contribution in [1.29, 1.82) is 5.26 Å². The number of benzene rings is 2. The number of nitrogens with zero attached hydrogens (tertiary/aromatic N) is 3. The quantitative estimate of drug-likeness (QED) is 0.294. The van der Waals surface area contributed by atoms with Crippen LogP contribution in [-0.4, -0.2) is 22.1 Å². The highest BCUT2D eigenvalue weighted by molar-refractivity contribution is 6.35. The fraction of sp³-hybridized carbons (Fsp3) is 0.357. The van der Waals surface area contributed by atoms with E-state index in [1.165, 1.54) is 18.3 Å². The molecular formula is C28H31ClFN7. The van der Waals surface area contributed by atoms with Gasteiger partial charge in [-0.2, -0.15) is 5.26 Å². The Bertz CT molecular complexity index is 1440. The Labute approximate surface area is 223 Å². The van der Waals surface area contributed by atoms with Crippen molar-refractivity contribution in [1.82, 2.24) is 21.0 Å². The van der Waals surface area contributed by atoms with Crippen molar-refractivity contribution in [2.75, 3.05) is 10.6 Å². The van der Waals surface area contributed by atoms with Gasteiger partial charge in [0.15, 0.2) is 0 Å². The van der Waals surface area contributed by atoms with Crippen LogP contribution in [0, 0.1) is 22.6 Å². The summed E-state index contributed by atoms with van der Waals surface area (Å²) in [6, 6.07) is 10.6. The van der Waals surface area contributed by atoms with Crippen molar-refractivity contribution in [3.05, 3.63) is 76.5 Å². The lowest BCUT2D eigenvalue weighted by Crippen LogP contribution is -2.38. The van der Waals surface area contributed by atoms with Crippen LogP contribution >= 0.6 is 11.6 Å². The van der Waals surface area contributed by atoms with Crippen molar-refractivity contribution in [2.45, 2.75) is 58.6 Å². The summed E-state index contributed by atoms with van der Waals surface area (Å²) in [5.41, 5.74) is 9.41. The van der Waals surface area contributed by atoms with E-state index in [-0.39, 0.29) is 17.3 Å². The summed E-state index contributed by atoms with van der Waals surface area (Å²) < 4.78 is 23.4. The van der Waals surface area contributed by atoms with Gasteiger partial charge in [-0.05, 0) is 55.0 Å². The molecule has 1 aliphatic heterocycles. The molecule has 0 spiro atoms. The Balaban J connectivity index is 1.61. The lowest BCUT2D eigenvalue weighted by atomic mass is 9.87. The second-order valence-corrected chi connectivity index (χ2v) is 11.1. The van der Waals surface area contributed by atoms with E-state index in [1.807, 2.05) is 17.3 Å². The Kier molecular flexibility index (Phi) is 6.27. The molecule has 192 valence electrons. The number of rotatable bonds is 7. The highest BCUT2D eigenvalue weighted by Gasteiger charge is 2.32. The Morgan fingerprint density at radius 1 is 1.24 bits per heavy atom. The second kappa shape index (κ2) is 9.73. The van der Waals surface area contributed by atoms with Gasteiger partial charge in [-0.1, -0.05) is 44.5 Å². The van der Waals surface area contributed by atoms with Crippen LogP contribution in [0.4, 0.5) is 15.8 Å². The van der Waals surface area contributed by atoms with Gasteiger partial charge in [-0.15, -0.1) is 5.53 Å². The van der Waals surface area contributed by atoms with Crippen LogP contribution in [0.15, 0.2) is 54.5 Å². The zero-order chi connectivity index (χ0) is 27.2. The first-order valence-electron chi connectivity index (χ1n) is 12.8. The molecule has 2 heterocycles. The van der Waals surface area contributed by atoms with E-state index < -0.39 is 6.02 Å². The number of hydrogen-bond donors (Lipinski definition) is 4. The zero-order valence-electron chi connectivity index (χ0n) is 22.3. The molecule has 37 heavy (non-hydrogen) atoms. The predicted molar refractivity (Wildman–Crippen MR) is 146 cm³/mol. The summed E-state index contributed by atoms with van der Waals surface area (Å²) in [5.74, 6) is -0.380. The lowest BCUT2D eigenvalue weighted by molar-refractivity contribution is 0.260. The normalized spacial score (nSPS) is 18.4. The predicted octanol–water partition coefficient (Wildman–Crippen LogP) is 6.23. The third kappa shape index (κ3) is 5.29. The molecule has 5 rings (SSSR count). The van der Waals surface area contributed by atoms with Crippen LogP contribution in [-0.2, 0) is 0 Å². The summed E-state index contributed by atoms with van der Waals surface area (Å²) in [5, 5.41) is 19.7. The van der Waals surface area contributed by atoms with Crippen molar-refractivity contribution in [3.8, 4) is 6.07 Å². The van der Waals surface area contributed by atoms with E-state index in [4.69, 9.17) is 11.6 Å². The number of pyridine rings is 1. The molecule has 2 atom stereocenters. The molecule has 0 radical (unpaired) electrons. The molecule has 0 bridgehead atoms. The highest BCUT2D eigenvalue weighted by Crippen LogP contribution is 2.37. The summed E-state index contributed by atoms with van der Waals surface area (Å²) in [6.45, 7) is 8.44. The molecule has 2 aromatic carbocycles. The average molecular weight is 521 g/mol. The van der Waals surface area contributed by atoms with E-state index in [0.29, 0.717) is 50.2 Å². The maximum Gasteiger partial charge on any atom is 0.123 e. The van der Waals surface area contributed by atoms with Crippen molar-refractivity contribution < 1.29 is 5.76 Å². The van der Waals surface area contributed by atoms with Crippen LogP contribution in [0.3, 0.4) is 0 Å². The average Bonchev–Trinajstić information content (AvgIpc) is 3.59. The van der Waals surface area contributed by atoms with Crippen molar-refractivity contribution in [3.63, 3.8) is 0 Å². The molecule has 0 amide bonds. The first kappa shape index (κ1) is 23.8. The number of aromatic nitrogens is 1. The fourth-order valence-electron chi connectivity index (χ4n) is 4.07. The van der Waals surface area contributed by atoms with Gasteiger partial charge in [0.1, 0.15) is 11.9 Å². The maximum atomic E-state index is 13.8. The van der Waals surface area contributed by atoms with Gasteiger partial charge < -0.3 is 16.1 Å². The van der Waals surface area contributed by atoms with E-state index >= 15 is 0 Å². The molecule has 1 saturated carbocycles. The molecule has 2 aliphatic rings. The molecular weight excluding hydrogens is 489 g/mol. The molecule has 9 heteroatoms. The first-order valence-corrected chi connectivity index (χ1v) is 12.7. The Morgan fingerprint density at radius 3 is 2.62 bits per heavy atom. The standard InChI is InChI=1S/C28H31ClFN7/c1-16(28(2,3)4)33-25-18(13-31)14-32-27-22(25)11-20(12-23(27)29)34-26(17-5-7-19(30)8-6-17)24-15-37(36-35-24)21-9-10-21/h5-8,11-12,14-16,21,26,34-36H,9-10H2,1-4H3,(H,32,33)/t16-,26-/m1/s1/i26D. The molecule has 0 unspecified atom stereocenters. The number of halogens is 2. The van der Waals surface area contributed by atoms with Gasteiger partial charge in [-0.25, -0.2) is 4.39 Å². The molecule has 4 N–H and O–H groups in total. The SMILES string of the molecule is [2H][C@](Nc1cc(Cl)c2ncc(C#N)c(N[C@H](C)C(C)(C)C)c2c1)(C1=CN(C2CC2)NN1)c1ccc(F)cc1. The number of nitrogens with one attached hydrogen (secondary N) is 4. The van der Waals surface area contributed by atoms with Gasteiger partial charge in [0.05, 0.1) is 34.9 Å². The van der Waals surface area contributed by atoms with E-state index in [9.17, 15) is 11.0 Å². The minimum Gasteiger partial charge on any atom is -0.380 e. The fourth-order valence-corrected chi connectivity index (χ4v) is 4.33. The third-order valence-corrected chi connectivity index (χ3v) is 7.19. The van der Waals surface area contributed by atoms with E-state index in [0.717, 1.165) is 12.8 Å². The first-order chi connectivity index (χ1) is 18.0. The smallest absolute Gasteiger partial charge is 0.123 e. The molecule has 0 saturated heterocycles. The van der Waals surface area contributed by atoms with Crippen molar-refractivity contribution >= 4 is 33.9 Å². The molecule has 1 aliphatic carbocycles. The van der Waals surface area contributed by atoms with Crippen LogP contribution in [0.5, 0.6) is 0 Å². The molecule has 1 fully saturated rings. The minimum absolute atomic E-state index is 0.0393. The third-order valence-electron chi connectivity index (χ3n) is 6.90. The van der Waals surface area contributed by atoms with Gasteiger partial charge >= 0.3 is 0 Å². The summed E-state index contributed by atoms with van der Waals surface area (Å²) in [4.78, 5) is 4.45. The number of nitriles is 1. The van der Waals surface area contributed by atoms with Crippen molar-refractivity contribution in [2.24, 2.45) is 5.41 Å². The van der Waals surface area contributed by atoms with E-state index in [2.05, 4.69) is 60.3 Å². The Morgan fingerprint density at radius 2 is 1.97 bits per heavy atom. The minimum atomic E-state index is -1.51. The Hall–Kier alpha value is -3.54. The number of anilines is 2. The number of hydrazine groups is 2. The van der Waals surface area contributed by atoms with Crippen LogP contribution in [0.2, 0.25) is 5.02 Å². The topological polar surface area (TPSA) is 88.0 Å². The van der Waals surface area contributed by atoms with Crippen LogP contribution in [0.25, 0.3) is 10.9 Å². The van der Waals surface area contributed by atoms with Crippen LogP contribution in [0.1, 0.15) is 59.1 Å². The number of hydrogen-bond acceptors (Lipinski definition) is 7. The van der Waals surface area contributed by atoms with Crippen LogP contribution < -0.4 is 21.6 Å². The van der Waals surface area contributed by atoms with Gasteiger partial charge in [0.2, 0.25) is 0 Å². The van der Waals surface area contributed by atoms with Gasteiger partial charge in [0, 0.05) is 35.6 Å². The molecule has 1 aromatic heterocycles.